The van der Waals surface area contributed by atoms with Gasteiger partial charge < -0.3 is 15.2 Å². The van der Waals surface area contributed by atoms with Crippen molar-refractivity contribution in [3.05, 3.63) is 22.2 Å². The average molecular weight is 466 g/mol. The molecule has 4 bridgehead atoms. The van der Waals surface area contributed by atoms with Crippen molar-refractivity contribution in [1.29, 1.82) is 0 Å². The molecule has 0 saturated heterocycles. The summed E-state index contributed by atoms with van der Waals surface area (Å²) in [5.74, 6) is 2.84. The van der Waals surface area contributed by atoms with Gasteiger partial charge in [-0.1, -0.05) is 0 Å². The molecule has 28 heavy (non-hydrogen) atoms. The Morgan fingerprint density at radius 3 is 2.43 bits per heavy atom. The lowest BCUT2D eigenvalue weighted by Gasteiger charge is -2.55. The Bertz CT molecular complexity index is 807. The van der Waals surface area contributed by atoms with Crippen molar-refractivity contribution in [1.82, 2.24) is 5.43 Å². The van der Waals surface area contributed by atoms with Crippen LogP contribution in [-0.2, 0) is 4.79 Å². The smallest absolute Gasteiger partial charge is 0.317 e. The maximum absolute atomic E-state index is 13.3. The summed E-state index contributed by atoms with van der Waals surface area (Å²) in [4.78, 5) is 13.3. The van der Waals surface area contributed by atoms with Crippen LogP contribution in [0.15, 0.2) is 21.7 Å². The van der Waals surface area contributed by atoms with Crippen LogP contribution >= 0.6 is 28.1 Å². The van der Waals surface area contributed by atoms with E-state index in [1.54, 1.807) is 19.4 Å². The third-order valence-corrected chi connectivity index (χ3v) is 6.99. The predicted molar refractivity (Wildman–Crippen MR) is 114 cm³/mol. The minimum Gasteiger partial charge on any atom is -0.493 e. The van der Waals surface area contributed by atoms with Crippen molar-refractivity contribution in [2.75, 3.05) is 7.11 Å². The zero-order valence-corrected chi connectivity index (χ0v) is 18.1. The molecule has 5 rings (SSSR count). The standard InChI is InChI=1S/C20H24BrN3O3S/c1-26-16-6-14(10-23-24-19(22)28)5-15(21)17(16)27-18(25)20-7-11-2-12(8-20)4-13(3-11)9-20/h5-6,10-13H,2-4,7-9H2,1H3,(H3,22,24,28)/b23-10-. The lowest BCUT2D eigenvalue weighted by Crippen LogP contribution is -2.51. The number of carbonyl (C=O) groups excluding carboxylic acids is 1. The first-order valence-electron chi connectivity index (χ1n) is 9.57. The number of benzene rings is 1. The minimum atomic E-state index is -0.319. The largest absolute Gasteiger partial charge is 0.493 e. The molecule has 3 N–H and O–H groups in total. The first-order valence-corrected chi connectivity index (χ1v) is 10.8. The summed E-state index contributed by atoms with van der Waals surface area (Å²) in [6.07, 6.45) is 8.32. The third kappa shape index (κ3) is 3.76. The van der Waals surface area contributed by atoms with E-state index in [1.807, 2.05) is 6.07 Å². The summed E-state index contributed by atoms with van der Waals surface area (Å²) in [6, 6.07) is 3.58. The quantitative estimate of drug-likeness (QED) is 0.226. The fraction of sp³-hybridized carbons (Fsp3) is 0.550. The van der Waals surface area contributed by atoms with Crippen LogP contribution in [0.25, 0.3) is 0 Å². The summed E-state index contributed by atoms with van der Waals surface area (Å²) < 4.78 is 12.1. The Kier molecular flexibility index (Phi) is 5.35. The van der Waals surface area contributed by atoms with Crippen LogP contribution in [0, 0.1) is 23.2 Å². The zero-order valence-electron chi connectivity index (χ0n) is 15.7. The second kappa shape index (κ2) is 7.63. The van der Waals surface area contributed by atoms with Gasteiger partial charge in [-0.25, -0.2) is 0 Å². The average Bonchev–Trinajstić information content (AvgIpc) is 2.62. The lowest BCUT2D eigenvalue weighted by molar-refractivity contribution is -0.161. The number of nitrogens with two attached hydrogens (primary N) is 1. The molecule has 0 heterocycles. The van der Waals surface area contributed by atoms with E-state index in [0.29, 0.717) is 33.7 Å². The van der Waals surface area contributed by atoms with Crippen LogP contribution in [0.4, 0.5) is 0 Å². The molecule has 1 aromatic carbocycles. The predicted octanol–water partition coefficient (Wildman–Crippen LogP) is 3.75. The molecule has 0 radical (unpaired) electrons. The fourth-order valence-electron chi connectivity index (χ4n) is 5.65. The van der Waals surface area contributed by atoms with E-state index in [4.69, 9.17) is 27.4 Å². The van der Waals surface area contributed by atoms with Gasteiger partial charge in [0, 0.05) is 0 Å². The Labute approximate surface area is 178 Å². The second-order valence-electron chi connectivity index (χ2n) is 8.36. The van der Waals surface area contributed by atoms with Crippen LogP contribution < -0.4 is 20.6 Å². The highest BCUT2D eigenvalue weighted by molar-refractivity contribution is 9.10. The van der Waals surface area contributed by atoms with Crippen molar-refractivity contribution < 1.29 is 14.3 Å². The Morgan fingerprint density at radius 2 is 1.89 bits per heavy atom. The molecule has 150 valence electrons. The molecular formula is C20H24BrN3O3S. The number of hydrazone groups is 1. The van der Waals surface area contributed by atoms with Crippen molar-refractivity contribution in [2.24, 2.45) is 34.0 Å². The van der Waals surface area contributed by atoms with Gasteiger partial charge in [0.25, 0.3) is 0 Å². The van der Waals surface area contributed by atoms with Gasteiger partial charge >= 0.3 is 5.97 Å². The summed E-state index contributed by atoms with van der Waals surface area (Å²) in [5, 5.41) is 4.04. The highest BCUT2D eigenvalue weighted by Gasteiger charge is 2.55. The third-order valence-electron chi connectivity index (χ3n) is 6.31. The zero-order chi connectivity index (χ0) is 19.9. The van der Waals surface area contributed by atoms with Crippen LogP contribution in [0.2, 0.25) is 0 Å². The Hall–Kier alpha value is -1.67. The fourth-order valence-corrected chi connectivity index (χ4v) is 6.24. The molecule has 6 nitrogen and oxygen atoms in total. The molecule has 0 spiro atoms. The molecule has 0 aliphatic heterocycles. The van der Waals surface area contributed by atoms with Crippen LogP contribution in [-0.4, -0.2) is 24.4 Å². The van der Waals surface area contributed by atoms with Gasteiger partial charge in [-0.2, -0.15) is 5.10 Å². The number of rotatable bonds is 5. The van der Waals surface area contributed by atoms with Gasteiger partial charge in [-0.05, 0) is 102 Å². The molecule has 0 unspecified atom stereocenters. The van der Waals surface area contributed by atoms with E-state index in [0.717, 1.165) is 24.8 Å². The summed E-state index contributed by atoms with van der Waals surface area (Å²) in [6.45, 7) is 0. The Morgan fingerprint density at radius 1 is 1.29 bits per heavy atom. The van der Waals surface area contributed by atoms with E-state index in [1.165, 1.54) is 19.3 Å². The van der Waals surface area contributed by atoms with E-state index in [9.17, 15) is 4.79 Å². The van der Waals surface area contributed by atoms with E-state index >= 15 is 0 Å². The highest BCUT2D eigenvalue weighted by atomic mass is 79.9. The lowest BCUT2D eigenvalue weighted by atomic mass is 9.49. The number of esters is 1. The number of nitrogens with zero attached hydrogens (tertiary/aromatic N) is 1. The minimum absolute atomic E-state index is 0.0865. The van der Waals surface area contributed by atoms with E-state index in [-0.39, 0.29) is 16.5 Å². The molecule has 0 atom stereocenters. The molecule has 8 heteroatoms. The van der Waals surface area contributed by atoms with Crippen molar-refractivity contribution >= 4 is 45.4 Å². The summed E-state index contributed by atoms with van der Waals surface area (Å²) in [7, 11) is 1.55. The number of methoxy groups -OCH3 is 1. The first kappa shape index (κ1) is 19.6. The second-order valence-corrected chi connectivity index (χ2v) is 9.65. The number of ether oxygens (including phenoxy) is 2. The van der Waals surface area contributed by atoms with Crippen LogP contribution in [0.3, 0.4) is 0 Å². The number of carbonyl (C=O) groups is 1. The summed E-state index contributed by atoms with van der Waals surface area (Å²) in [5.41, 5.74) is 8.30. The molecule has 0 aromatic heterocycles. The van der Waals surface area contributed by atoms with Crippen LogP contribution in [0.5, 0.6) is 11.5 Å². The molecule has 0 amide bonds. The number of hydrogen-bond acceptors (Lipinski definition) is 5. The van der Waals surface area contributed by atoms with Gasteiger partial charge in [-0.3, -0.25) is 10.2 Å². The maximum Gasteiger partial charge on any atom is 0.317 e. The molecule has 1 aromatic rings. The maximum atomic E-state index is 13.3. The monoisotopic (exact) mass is 465 g/mol. The highest BCUT2D eigenvalue weighted by Crippen LogP contribution is 2.60. The number of thiocarbonyl (C=S) groups is 1. The van der Waals surface area contributed by atoms with Crippen molar-refractivity contribution in [3.63, 3.8) is 0 Å². The van der Waals surface area contributed by atoms with Crippen molar-refractivity contribution in [2.45, 2.75) is 38.5 Å². The van der Waals surface area contributed by atoms with Gasteiger partial charge in [0.15, 0.2) is 16.6 Å². The molecule has 4 aliphatic carbocycles. The number of halogens is 1. The van der Waals surface area contributed by atoms with Crippen molar-refractivity contribution in [3.8, 4) is 11.5 Å². The SMILES string of the molecule is COc1cc(/C=N\NC(N)=S)cc(Br)c1OC(=O)C12CC3CC(CC(C3)C1)C2. The normalized spacial score (nSPS) is 30.4. The van der Waals surface area contributed by atoms with Crippen LogP contribution in [0.1, 0.15) is 44.1 Å². The number of hydrogen-bond donors (Lipinski definition) is 2. The molecule has 4 aliphatic rings. The van der Waals surface area contributed by atoms with Gasteiger partial charge in [0.2, 0.25) is 0 Å². The van der Waals surface area contributed by atoms with E-state index < -0.39 is 0 Å². The van der Waals surface area contributed by atoms with Gasteiger partial charge in [0.1, 0.15) is 0 Å². The Balaban J connectivity index is 1.55. The molecule has 4 saturated carbocycles. The molecule has 4 fully saturated rings. The topological polar surface area (TPSA) is 85.9 Å². The number of nitrogens with one attached hydrogen (secondary N) is 1. The van der Waals surface area contributed by atoms with Gasteiger partial charge in [0.05, 0.1) is 23.2 Å². The summed E-state index contributed by atoms with van der Waals surface area (Å²) >= 11 is 8.23. The molecular weight excluding hydrogens is 442 g/mol. The van der Waals surface area contributed by atoms with E-state index in [2.05, 4.69) is 26.5 Å². The van der Waals surface area contributed by atoms with Gasteiger partial charge in [-0.15, -0.1) is 0 Å². The first-order chi connectivity index (χ1) is 13.4.